The Balaban J connectivity index is 3.38. The Hall–Kier alpha value is -1.30. The minimum absolute atomic E-state index is 0.0385. The van der Waals surface area contributed by atoms with Gasteiger partial charge >= 0.3 is 0 Å². The predicted octanol–water partition coefficient (Wildman–Crippen LogP) is 3.71. The number of thiocyanates is 2. The van der Waals surface area contributed by atoms with Gasteiger partial charge in [0.05, 0.1) is 5.69 Å². The summed E-state index contributed by atoms with van der Waals surface area (Å²) in [6, 6.07) is 3.84. The van der Waals surface area contributed by atoms with E-state index in [1.165, 1.54) is 0 Å². The van der Waals surface area contributed by atoms with Gasteiger partial charge in [-0.05, 0) is 46.6 Å². The Morgan fingerprint density at radius 2 is 1.47 bits per heavy atom. The van der Waals surface area contributed by atoms with E-state index in [4.69, 9.17) is 16.3 Å². The first kappa shape index (κ1) is 13.8. The van der Waals surface area contributed by atoms with Gasteiger partial charge in [-0.3, -0.25) is 0 Å². The van der Waals surface area contributed by atoms with Gasteiger partial charge in [-0.1, -0.05) is 20.8 Å². The molecule has 3 nitrogen and oxygen atoms in total. The number of rotatable bonds is 2. The molecular formula is C12H13N3S2. The molecule has 0 saturated carbocycles. The van der Waals surface area contributed by atoms with Gasteiger partial charge in [-0.15, -0.1) is 0 Å². The van der Waals surface area contributed by atoms with E-state index < -0.39 is 0 Å². The highest BCUT2D eigenvalue weighted by Crippen LogP contribution is 2.37. The summed E-state index contributed by atoms with van der Waals surface area (Å²) < 4.78 is 0. The van der Waals surface area contributed by atoms with Crippen LogP contribution in [0.4, 0.5) is 5.69 Å². The molecule has 1 aromatic carbocycles. The lowest BCUT2D eigenvalue weighted by atomic mass is 9.87. The lowest BCUT2D eigenvalue weighted by molar-refractivity contribution is 0.587. The summed E-state index contributed by atoms with van der Waals surface area (Å²) in [7, 11) is 0. The molecular weight excluding hydrogens is 250 g/mol. The molecule has 0 bridgehead atoms. The van der Waals surface area contributed by atoms with E-state index in [0.29, 0.717) is 5.69 Å². The van der Waals surface area contributed by atoms with E-state index in [2.05, 4.69) is 20.8 Å². The first-order valence-corrected chi connectivity index (χ1v) is 6.59. The Kier molecular flexibility index (Phi) is 4.34. The maximum atomic E-state index is 8.74. The average Bonchev–Trinajstić information content (AvgIpc) is 2.22. The first-order chi connectivity index (χ1) is 7.90. The highest BCUT2D eigenvalue weighted by Gasteiger charge is 2.18. The third kappa shape index (κ3) is 3.33. The second-order valence-corrected chi connectivity index (χ2v) is 6.18. The Morgan fingerprint density at radius 1 is 1.06 bits per heavy atom. The van der Waals surface area contributed by atoms with Crippen molar-refractivity contribution in [3.8, 4) is 10.8 Å². The minimum atomic E-state index is -0.0385. The molecule has 0 atom stereocenters. The summed E-state index contributed by atoms with van der Waals surface area (Å²) in [6.07, 6.45) is 0. The van der Waals surface area contributed by atoms with Crippen molar-refractivity contribution in [3.05, 3.63) is 17.7 Å². The zero-order chi connectivity index (χ0) is 13.1. The molecule has 5 heteroatoms. The quantitative estimate of drug-likeness (QED) is 0.500. The number of nitriles is 2. The molecule has 0 heterocycles. The van der Waals surface area contributed by atoms with Gasteiger partial charge in [0.1, 0.15) is 10.8 Å². The molecule has 1 aromatic rings. The van der Waals surface area contributed by atoms with Gasteiger partial charge in [0, 0.05) is 9.79 Å². The zero-order valence-corrected chi connectivity index (χ0v) is 11.6. The van der Waals surface area contributed by atoms with Crippen LogP contribution >= 0.6 is 23.5 Å². The number of benzene rings is 1. The summed E-state index contributed by atoms with van der Waals surface area (Å²) in [5, 5.41) is 21.5. The molecule has 0 aliphatic carbocycles. The van der Waals surface area contributed by atoms with Crippen LogP contribution in [0.25, 0.3) is 0 Å². The van der Waals surface area contributed by atoms with Crippen LogP contribution in [0.2, 0.25) is 0 Å². The maximum absolute atomic E-state index is 8.74. The fourth-order valence-corrected chi connectivity index (χ4v) is 2.37. The van der Waals surface area contributed by atoms with Crippen molar-refractivity contribution >= 4 is 29.2 Å². The summed E-state index contributed by atoms with van der Waals surface area (Å²) in [4.78, 5) is 1.44. The molecule has 1 rings (SSSR count). The van der Waals surface area contributed by atoms with Crippen LogP contribution in [-0.4, -0.2) is 0 Å². The van der Waals surface area contributed by atoms with Gasteiger partial charge in [0.15, 0.2) is 0 Å². The number of nitrogen functional groups attached to an aromatic ring is 1. The normalized spacial score (nSPS) is 10.6. The number of nitrogens with zero attached hydrogens (tertiary/aromatic N) is 2. The molecule has 0 fully saturated rings. The maximum Gasteiger partial charge on any atom is 0.138 e. The van der Waals surface area contributed by atoms with Crippen molar-refractivity contribution in [1.29, 1.82) is 10.5 Å². The second-order valence-electron chi connectivity index (χ2n) is 4.52. The molecule has 0 amide bonds. The minimum Gasteiger partial charge on any atom is -0.397 e. The molecule has 0 aromatic heterocycles. The smallest absolute Gasteiger partial charge is 0.138 e. The standard InChI is InChI=1S/C12H13N3S2/c1-12(2,3)8-4-9(16-6-13)11(15)10(5-8)17-7-14/h4-5H,15H2,1-3H3. The van der Waals surface area contributed by atoms with Crippen molar-refractivity contribution in [2.75, 3.05) is 5.73 Å². The largest absolute Gasteiger partial charge is 0.397 e. The summed E-state index contributed by atoms with van der Waals surface area (Å²) >= 11 is 2.06. The lowest BCUT2D eigenvalue weighted by Crippen LogP contribution is -2.12. The van der Waals surface area contributed by atoms with Gasteiger partial charge in [0.25, 0.3) is 0 Å². The van der Waals surface area contributed by atoms with E-state index in [9.17, 15) is 0 Å². The number of hydrogen-bond donors (Lipinski definition) is 1. The van der Waals surface area contributed by atoms with Crippen LogP contribution in [0.5, 0.6) is 0 Å². The van der Waals surface area contributed by atoms with Gasteiger partial charge in [0.2, 0.25) is 0 Å². The zero-order valence-electron chi connectivity index (χ0n) is 9.94. The van der Waals surface area contributed by atoms with Crippen molar-refractivity contribution in [3.63, 3.8) is 0 Å². The molecule has 0 aliphatic heterocycles. The van der Waals surface area contributed by atoms with Crippen LogP contribution in [0.1, 0.15) is 26.3 Å². The summed E-state index contributed by atoms with van der Waals surface area (Å²) in [6.45, 7) is 6.25. The van der Waals surface area contributed by atoms with E-state index in [1.54, 1.807) is 0 Å². The summed E-state index contributed by atoms with van der Waals surface area (Å²) in [5.41, 5.74) is 7.47. The van der Waals surface area contributed by atoms with Crippen LogP contribution in [0, 0.1) is 21.3 Å². The van der Waals surface area contributed by atoms with Crippen LogP contribution in [-0.2, 0) is 5.41 Å². The topological polar surface area (TPSA) is 73.6 Å². The van der Waals surface area contributed by atoms with Crippen LogP contribution < -0.4 is 5.73 Å². The van der Waals surface area contributed by atoms with Crippen molar-refractivity contribution in [1.82, 2.24) is 0 Å². The fraction of sp³-hybridized carbons (Fsp3) is 0.333. The Bertz CT molecular complexity index is 467. The van der Waals surface area contributed by atoms with E-state index in [1.807, 2.05) is 22.9 Å². The third-order valence-electron chi connectivity index (χ3n) is 2.28. The first-order valence-electron chi connectivity index (χ1n) is 4.96. The molecule has 0 saturated heterocycles. The SMILES string of the molecule is CC(C)(C)c1cc(SC#N)c(N)c(SC#N)c1. The van der Waals surface area contributed by atoms with E-state index in [0.717, 1.165) is 38.9 Å². The third-order valence-corrected chi connectivity index (χ3v) is 3.58. The van der Waals surface area contributed by atoms with Crippen LogP contribution in [0.3, 0.4) is 0 Å². The highest BCUT2D eigenvalue weighted by molar-refractivity contribution is 8.04. The van der Waals surface area contributed by atoms with Gasteiger partial charge in [-0.2, -0.15) is 10.5 Å². The summed E-state index contributed by atoms with van der Waals surface area (Å²) in [5.74, 6) is 0. The van der Waals surface area contributed by atoms with E-state index >= 15 is 0 Å². The number of nitrogens with two attached hydrogens (primary N) is 1. The molecule has 17 heavy (non-hydrogen) atoms. The molecule has 2 N–H and O–H groups in total. The fourth-order valence-electron chi connectivity index (χ4n) is 1.30. The second kappa shape index (κ2) is 5.35. The van der Waals surface area contributed by atoms with E-state index in [-0.39, 0.29) is 5.41 Å². The number of hydrogen-bond acceptors (Lipinski definition) is 5. The lowest BCUT2D eigenvalue weighted by Gasteiger charge is -2.21. The van der Waals surface area contributed by atoms with Crippen LogP contribution in [0.15, 0.2) is 21.9 Å². The van der Waals surface area contributed by atoms with Crippen molar-refractivity contribution in [2.24, 2.45) is 0 Å². The molecule has 0 unspecified atom stereocenters. The molecule has 0 aliphatic rings. The predicted molar refractivity (Wildman–Crippen MR) is 72.5 cm³/mol. The Morgan fingerprint density at radius 3 is 1.76 bits per heavy atom. The van der Waals surface area contributed by atoms with Crippen molar-refractivity contribution in [2.45, 2.75) is 36.0 Å². The van der Waals surface area contributed by atoms with Crippen molar-refractivity contribution < 1.29 is 0 Å². The molecule has 0 radical (unpaired) electrons. The van der Waals surface area contributed by atoms with Gasteiger partial charge < -0.3 is 5.73 Å². The molecule has 0 spiro atoms. The number of anilines is 1. The highest BCUT2D eigenvalue weighted by atomic mass is 32.2. The van der Waals surface area contributed by atoms with Gasteiger partial charge in [-0.25, -0.2) is 0 Å². The monoisotopic (exact) mass is 263 g/mol. The Labute approximate surface area is 110 Å². The number of thioether (sulfide) groups is 2. The molecule has 88 valence electrons. The average molecular weight is 263 g/mol.